The van der Waals surface area contributed by atoms with Gasteiger partial charge in [0.25, 0.3) is 0 Å². The number of para-hydroxylation sites is 1. The zero-order valence-electron chi connectivity index (χ0n) is 35.1. The van der Waals surface area contributed by atoms with Crippen LogP contribution in [0.25, 0.3) is 127 Å². The lowest BCUT2D eigenvalue weighted by Crippen LogP contribution is -1.97. The second-order valence-electron chi connectivity index (χ2n) is 16.8. The first kappa shape index (κ1) is 36.7. The molecule has 65 heavy (non-hydrogen) atoms. The van der Waals surface area contributed by atoms with Crippen LogP contribution in [0, 0.1) is 11.3 Å². The highest BCUT2D eigenvalue weighted by Gasteiger charge is 2.22. The van der Waals surface area contributed by atoms with Crippen LogP contribution in [0.5, 0.6) is 0 Å². The summed E-state index contributed by atoms with van der Waals surface area (Å²) in [5.41, 5.74) is 13.5. The van der Waals surface area contributed by atoms with Gasteiger partial charge in [0.2, 0.25) is 0 Å². The Balaban J connectivity index is 0.974. The Labute approximate surface area is 374 Å². The number of fused-ring (bicyclic) bond motifs is 5. The van der Waals surface area contributed by atoms with Crippen LogP contribution in [-0.2, 0) is 0 Å². The maximum atomic E-state index is 10.1. The molecule has 0 aliphatic rings. The minimum Gasteiger partial charge on any atom is -0.309 e. The van der Waals surface area contributed by atoms with Gasteiger partial charge in [-0.25, -0.2) is 9.97 Å². The fourth-order valence-electron chi connectivity index (χ4n) is 10.2. The molecule has 2 aromatic heterocycles. The predicted molar refractivity (Wildman–Crippen MR) is 269 cm³/mol. The van der Waals surface area contributed by atoms with Crippen molar-refractivity contribution in [1.29, 1.82) is 5.26 Å². The minimum absolute atomic E-state index is 0.690. The van der Waals surface area contributed by atoms with Crippen molar-refractivity contribution in [2.24, 2.45) is 0 Å². The normalized spacial score (nSPS) is 11.7. The van der Waals surface area contributed by atoms with E-state index in [9.17, 15) is 5.26 Å². The van der Waals surface area contributed by atoms with Crippen LogP contribution in [-0.4, -0.2) is 14.5 Å². The third kappa shape index (κ3) is 5.77. The van der Waals surface area contributed by atoms with Gasteiger partial charge in [-0.3, -0.25) is 0 Å². The summed E-state index contributed by atoms with van der Waals surface area (Å²) in [7, 11) is 0. The fourth-order valence-corrected chi connectivity index (χ4v) is 10.2. The van der Waals surface area contributed by atoms with Gasteiger partial charge in [0.05, 0.1) is 34.1 Å². The van der Waals surface area contributed by atoms with Gasteiger partial charge in [-0.15, -0.1) is 0 Å². The molecule has 0 saturated heterocycles. The Morgan fingerprint density at radius 1 is 0.338 bits per heavy atom. The Hall–Kier alpha value is -8.91. The molecular formula is C61H36N4. The molecule has 0 aliphatic carbocycles. The molecule has 4 heteroatoms. The number of benzene rings is 11. The number of nitriles is 1. The van der Waals surface area contributed by atoms with E-state index in [-0.39, 0.29) is 0 Å². The summed E-state index contributed by atoms with van der Waals surface area (Å²) in [5, 5.41) is 21.6. The quantitative estimate of drug-likeness (QED) is 0.157. The van der Waals surface area contributed by atoms with Gasteiger partial charge in [0.1, 0.15) is 0 Å². The summed E-state index contributed by atoms with van der Waals surface area (Å²) < 4.78 is 2.33. The SMILES string of the molecule is N#Cc1ccc2c3c1ccc1c(-c4ccc(-c5cc6c7ccccc7c(-c7nc(-c8ccccc8)cc(-c8ccccc8)n7)cc6c6ccccc56)cc4)ccc(c13)n2-c1ccccc1. The van der Waals surface area contributed by atoms with Gasteiger partial charge in [-0.2, -0.15) is 5.26 Å². The molecule has 2 heterocycles. The molecule has 0 saturated carbocycles. The third-order valence-corrected chi connectivity index (χ3v) is 13.2. The Kier molecular flexibility index (Phi) is 8.24. The van der Waals surface area contributed by atoms with Crippen molar-refractivity contribution >= 4 is 64.9 Å². The molecule has 0 spiro atoms. The highest BCUT2D eigenvalue weighted by molar-refractivity contribution is 6.28. The van der Waals surface area contributed by atoms with E-state index in [1.54, 1.807) is 0 Å². The lowest BCUT2D eigenvalue weighted by atomic mass is 9.88. The molecule has 300 valence electrons. The zero-order valence-corrected chi connectivity index (χ0v) is 35.1. The van der Waals surface area contributed by atoms with E-state index < -0.39 is 0 Å². The number of aromatic nitrogens is 3. The summed E-state index contributed by atoms with van der Waals surface area (Å²) in [6, 6.07) is 79.8. The predicted octanol–water partition coefficient (Wildman–Crippen LogP) is 15.8. The molecule has 13 rings (SSSR count). The molecule has 0 aliphatic heterocycles. The van der Waals surface area contributed by atoms with Crippen molar-refractivity contribution in [2.75, 3.05) is 0 Å². The van der Waals surface area contributed by atoms with Gasteiger partial charge in [0, 0.05) is 38.5 Å². The smallest absolute Gasteiger partial charge is 0.161 e. The van der Waals surface area contributed by atoms with Crippen LogP contribution in [0.1, 0.15) is 5.56 Å². The molecule has 0 fully saturated rings. The van der Waals surface area contributed by atoms with Gasteiger partial charge < -0.3 is 4.57 Å². The lowest BCUT2D eigenvalue weighted by Gasteiger charge is -2.17. The molecule has 13 aromatic rings. The van der Waals surface area contributed by atoms with Gasteiger partial charge in [0.15, 0.2) is 5.82 Å². The van der Waals surface area contributed by atoms with E-state index in [1.807, 2.05) is 24.3 Å². The molecule has 0 unspecified atom stereocenters. The maximum absolute atomic E-state index is 10.1. The van der Waals surface area contributed by atoms with Crippen molar-refractivity contribution in [3.63, 3.8) is 0 Å². The molecule has 0 amide bonds. The monoisotopic (exact) mass is 824 g/mol. The van der Waals surface area contributed by atoms with Crippen molar-refractivity contribution < 1.29 is 0 Å². The van der Waals surface area contributed by atoms with Gasteiger partial charge >= 0.3 is 0 Å². The molecule has 4 nitrogen and oxygen atoms in total. The topological polar surface area (TPSA) is 54.5 Å². The van der Waals surface area contributed by atoms with Gasteiger partial charge in [-0.05, 0) is 108 Å². The standard InChI is InChI=1S/C61H36N4/c62-37-42-28-32-57-59-45(42)29-30-50-44(31-33-58(60(50)59)65(57)43-18-8-3-9-19-43)38-24-26-39(27-25-38)51-34-52-48-22-12-13-23-49(48)54(35-53(52)47-21-11-10-20-46(47)51)61-63-55(40-14-4-1-5-15-40)36-56(64-61)41-16-6-2-7-17-41/h1-36H. The van der Waals surface area contributed by atoms with Gasteiger partial charge in [-0.1, -0.05) is 170 Å². The summed E-state index contributed by atoms with van der Waals surface area (Å²) in [6.07, 6.45) is 0. The zero-order chi connectivity index (χ0) is 43.0. The highest BCUT2D eigenvalue weighted by atomic mass is 15.0. The van der Waals surface area contributed by atoms with Crippen LogP contribution in [0.4, 0.5) is 0 Å². The van der Waals surface area contributed by atoms with Crippen LogP contribution < -0.4 is 0 Å². The third-order valence-electron chi connectivity index (χ3n) is 13.2. The van der Waals surface area contributed by atoms with E-state index in [1.165, 1.54) is 32.5 Å². The highest BCUT2D eigenvalue weighted by Crippen LogP contribution is 2.45. The van der Waals surface area contributed by atoms with Crippen LogP contribution in [0.2, 0.25) is 0 Å². The average Bonchev–Trinajstić information content (AvgIpc) is 3.73. The van der Waals surface area contributed by atoms with Crippen molar-refractivity contribution in [1.82, 2.24) is 14.5 Å². The Bertz CT molecular complexity index is 3980. The van der Waals surface area contributed by atoms with E-state index in [0.29, 0.717) is 11.4 Å². The van der Waals surface area contributed by atoms with E-state index >= 15 is 0 Å². The molecule has 11 aromatic carbocycles. The summed E-state index contributed by atoms with van der Waals surface area (Å²) in [6.45, 7) is 0. The van der Waals surface area contributed by atoms with Crippen molar-refractivity contribution in [3.8, 4) is 67.9 Å². The number of hydrogen-bond donors (Lipinski definition) is 0. The van der Waals surface area contributed by atoms with Crippen molar-refractivity contribution in [3.05, 3.63) is 224 Å². The van der Waals surface area contributed by atoms with E-state index in [0.717, 1.165) is 88.4 Å². The molecule has 0 N–H and O–H groups in total. The lowest BCUT2D eigenvalue weighted by molar-refractivity contribution is 1.18. The minimum atomic E-state index is 0.690. The van der Waals surface area contributed by atoms with Crippen LogP contribution >= 0.6 is 0 Å². The molecule has 0 atom stereocenters. The average molecular weight is 825 g/mol. The maximum Gasteiger partial charge on any atom is 0.161 e. The first-order chi connectivity index (χ1) is 32.2. The second kappa shape index (κ2) is 14.6. The summed E-state index contributed by atoms with van der Waals surface area (Å²) >= 11 is 0. The second-order valence-corrected chi connectivity index (χ2v) is 16.8. The first-order valence-corrected chi connectivity index (χ1v) is 22.0. The largest absolute Gasteiger partial charge is 0.309 e. The fraction of sp³-hybridized carbons (Fsp3) is 0. The summed E-state index contributed by atoms with van der Waals surface area (Å²) in [4.78, 5) is 10.6. The molecular weight excluding hydrogens is 789 g/mol. The first-order valence-electron chi connectivity index (χ1n) is 22.0. The molecule has 0 bridgehead atoms. The van der Waals surface area contributed by atoms with Crippen LogP contribution in [0.15, 0.2) is 218 Å². The number of hydrogen-bond acceptors (Lipinski definition) is 3. The Morgan fingerprint density at radius 2 is 0.815 bits per heavy atom. The van der Waals surface area contributed by atoms with E-state index in [2.05, 4.69) is 205 Å². The summed E-state index contributed by atoms with van der Waals surface area (Å²) in [5.74, 6) is 0.700. The number of nitrogens with zero attached hydrogens (tertiary/aromatic N) is 4. The molecule has 0 radical (unpaired) electrons. The van der Waals surface area contributed by atoms with Crippen LogP contribution in [0.3, 0.4) is 0 Å². The van der Waals surface area contributed by atoms with Crippen molar-refractivity contribution in [2.45, 2.75) is 0 Å². The Morgan fingerprint density at radius 3 is 1.42 bits per heavy atom. The van der Waals surface area contributed by atoms with E-state index in [4.69, 9.17) is 9.97 Å². The number of rotatable bonds is 6.